The maximum atomic E-state index is 5.82. The molecule has 0 aliphatic carbocycles. The number of ether oxygens (including phenoxy) is 1. The lowest BCUT2D eigenvalue weighted by Gasteiger charge is -2.09. The summed E-state index contributed by atoms with van der Waals surface area (Å²) in [5.41, 5.74) is 2.24. The van der Waals surface area contributed by atoms with E-state index in [0.29, 0.717) is 11.8 Å². The Labute approximate surface area is 114 Å². The highest BCUT2D eigenvalue weighted by atomic mass is 16.5. The van der Waals surface area contributed by atoms with Crippen molar-refractivity contribution in [2.45, 2.75) is 26.3 Å². The molecule has 0 bridgehead atoms. The molecule has 100 valence electrons. The minimum Gasteiger partial charge on any atom is -0.439 e. The van der Waals surface area contributed by atoms with Gasteiger partial charge in [-0.05, 0) is 36.7 Å². The molecule has 0 saturated heterocycles. The first-order chi connectivity index (χ1) is 9.19. The van der Waals surface area contributed by atoms with Gasteiger partial charge in [-0.25, -0.2) is 4.98 Å². The largest absolute Gasteiger partial charge is 0.439 e. The molecule has 1 N–H and O–H groups in total. The van der Waals surface area contributed by atoms with Crippen LogP contribution in [0.25, 0.3) is 0 Å². The van der Waals surface area contributed by atoms with Gasteiger partial charge in [0.05, 0.1) is 5.69 Å². The smallest absolute Gasteiger partial charge is 0.219 e. The van der Waals surface area contributed by atoms with Gasteiger partial charge in [-0.1, -0.05) is 32.0 Å². The van der Waals surface area contributed by atoms with Crippen molar-refractivity contribution >= 4 is 0 Å². The number of rotatable bonds is 5. The normalized spacial score (nSPS) is 10.7. The van der Waals surface area contributed by atoms with Crippen molar-refractivity contribution in [2.75, 3.05) is 7.05 Å². The summed E-state index contributed by atoms with van der Waals surface area (Å²) in [4.78, 5) is 4.45. The lowest BCUT2D eigenvalue weighted by Crippen LogP contribution is -2.06. The zero-order valence-corrected chi connectivity index (χ0v) is 11.7. The molecule has 3 nitrogen and oxygen atoms in total. The highest BCUT2D eigenvalue weighted by molar-refractivity contribution is 5.33. The van der Waals surface area contributed by atoms with E-state index in [1.807, 2.05) is 37.4 Å². The van der Waals surface area contributed by atoms with Crippen LogP contribution in [0.3, 0.4) is 0 Å². The van der Waals surface area contributed by atoms with Gasteiger partial charge in [-0.2, -0.15) is 0 Å². The molecule has 0 fully saturated rings. The number of aromatic nitrogens is 1. The molecule has 0 saturated carbocycles. The van der Waals surface area contributed by atoms with Gasteiger partial charge in [0, 0.05) is 12.6 Å². The first-order valence-corrected chi connectivity index (χ1v) is 6.57. The lowest BCUT2D eigenvalue weighted by atomic mass is 10.0. The molecule has 0 spiro atoms. The van der Waals surface area contributed by atoms with Gasteiger partial charge in [-0.15, -0.1) is 0 Å². The molecule has 2 rings (SSSR count). The fraction of sp³-hybridized carbons (Fsp3) is 0.312. The Morgan fingerprint density at radius 2 is 1.95 bits per heavy atom. The van der Waals surface area contributed by atoms with Crippen molar-refractivity contribution in [1.82, 2.24) is 10.3 Å². The first kappa shape index (κ1) is 13.6. The molecule has 0 amide bonds. The molecule has 1 heterocycles. The van der Waals surface area contributed by atoms with Crippen LogP contribution in [-0.2, 0) is 6.54 Å². The van der Waals surface area contributed by atoms with E-state index >= 15 is 0 Å². The van der Waals surface area contributed by atoms with Crippen molar-refractivity contribution in [3.05, 3.63) is 53.7 Å². The predicted octanol–water partition coefficient (Wildman–Crippen LogP) is 3.72. The third-order valence-corrected chi connectivity index (χ3v) is 2.89. The summed E-state index contributed by atoms with van der Waals surface area (Å²) in [6.07, 6.45) is 0. The van der Waals surface area contributed by atoms with Gasteiger partial charge in [0.1, 0.15) is 5.75 Å². The summed E-state index contributed by atoms with van der Waals surface area (Å²) in [5, 5.41) is 3.08. The van der Waals surface area contributed by atoms with Crippen LogP contribution in [0.4, 0.5) is 0 Å². The first-order valence-electron chi connectivity index (χ1n) is 6.57. The minimum atomic E-state index is 0.493. The Morgan fingerprint density at radius 1 is 1.16 bits per heavy atom. The predicted molar refractivity (Wildman–Crippen MR) is 77.6 cm³/mol. The zero-order valence-electron chi connectivity index (χ0n) is 11.7. The van der Waals surface area contributed by atoms with Gasteiger partial charge in [0.25, 0.3) is 0 Å². The van der Waals surface area contributed by atoms with Gasteiger partial charge in [0.15, 0.2) is 0 Å². The maximum absolute atomic E-state index is 5.82. The van der Waals surface area contributed by atoms with Crippen LogP contribution in [0.15, 0.2) is 42.5 Å². The molecule has 0 aliphatic rings. The van der Waals surface area contributed by atoms with Crippen LogP contribution in [-0.4, -0.2) is 12.0 Å². The van der Waals surface area contributed by atoms with Gasteiger partial charge in [-0.3, -0.25) is 0 Å². The summed E-state index contributed by atoms with van der Waals surface area (Å²) in [7, 11) is 1.90. The van der Waals surface area contributed by atoms with E-state index in [9.17, 15) is 0 Å². The maximum Gasteiger partial charge on any atom is 0.219 e. The highest BCUT2D eigenvalue weighted by Gasteiger charge is 2.03. The monoisotopic (exact) mass is 256 g/mol. The zero-order chi connectivity index (χ0) is 13.7. The van der Waals surface area contributed by atoms with E-state index in [4.69, 9.17) is 4.74 Å². The summed E-state index contributed by atoms with van der Waals surface area (Å²) < 4.78 is 5.82. The second-order valence-corrected chi connectivity index (χ2v) is 4.83. The Bertz CT molecular complexity index is 538. The number of nitrogens with one attached hydrogen (secondary N) is 1. The third-order valence-electron chi connectivity index (χ3n) is 2.89. The highest BCUT2D eigenvalue weighted by Crippen LogP contribution is 2.24. The van der Waals surface area contributed by atoms with Crippen LogP contribution < -0.4 is 10.1 Å². The van der Waals surface area contributed by atoms with Gasteiger partial charge < -0.3 is 10.1 Å². The molecule has 0 radical (unpaired) electrons. The molecule has 1 aromatic heterocycles. The number of pyridine rings is 1. The van der Waals surface area contributed by atoms with Gasteiger partial charge >= 0.3 is 0 Å². The van der Waals surface area contributed by atoms with Crippen molar-refractivity contribution in [1.29, 1.82) is 0 Å². The fourth-order valence-electron chi connectivity index (χ4n) is 1.85. The van der Waals surface area contributed by atoms with E-state index in [-0.39, 0.29) is 0 Å². The Morgan fingerprint density at radius 3 is 2.68 bits per heavy atom. The second-order valence-electron chi connectivity index (χ2n) is 4.83. The Balaban J connectivity index is 2.16. The third kappa shape index (κ3) is 3.80. The standard InChI is InChI=1S/C16H20N2O/c1-12(2)13-6-4-8-15(10-13)19-16-9-5-7-14(18-16)11-17-3/h4-10,12,17H,11H2,1-3H3. The van der Waals surface area contributed by atoms with Crippen LogP contribution >= 0.6 is 0 Å². The van der Waals surface area contributed by atoms with Crippen molar-refractivity contribution in [3.63, 3.8) is 0 Å². The van der Waals surface area contributed by atoms with E-state index in [0.717, 1.165) is 18.0 Å². The van der Waals surface area contributed by atoms with E-state index in [1.54, 1.807) is 0 Å². The van der Waals surface area contributed by atoms with E-state index in [1.165, 1.54) is 5.56 Å². The average molecular weight is 256 g/mol. The molecule has 2 aromatic rings. The van der Waals surface area contributed by atoms with Crippen molar-refractivity contribution < 1.29 is 4.74 Å². The molecule has 1 aromatic carbocycles. The number of hydrogen-bond acceptors (Lipinski definition) is 3. The van der Waals surface area contributed by atoms with Crippen LogP contribution in [0.1, 0.15) is 31.0 Å². The molecule has 3 heteroatoms. The lowest BCUT2D eigenvalue weighted by molar-refractivity contribution is 0.459. The Hall–Kier alpha value is -1.87. The molecule has 0 unspecified atom stereocenters. The molecule has 0 aliphatic heterocycles. The molecular weight excluding hydrogens is 236 g/mol. The summed E-state index contributed by atoms with van der Waals surface area (Å²) in [5.74, 6) is 1.96. The Kier molecular flexibility index (Phi) is 4.53. The van der Waals surface area contributed by atoms with Crippen molar-refractivity contribution in [2.24, 2.45) is 0 Å². The molecule has 19 heavy (non-hydrogen) atoms. The van der Waals surface area contributed by atoms with Crippen molar-refractivity contribution in [3.8, 4) is 11.6 Å². The summed E-state index contributed by atoms with van der Waals surface area (Å²) in [6.45, 7) is 5.08. The average Bonchev–Trinajstić information content (AvgIpc) is 2.40. The van der Waals surface area contributed by atoms with Crippen LogP contribution in [0, 0.1) is 0 Å². The minimum absolute atomic E-state index is 0.493. The van der Waals surface area contributed by atoms with E-state index < -0.39 is 0 Å². The van der Waals surface area contributed by atoms with Crippen LogP contribution in [0.2, 0.25) is 0 Å². The SMILES string of the molecule is CNCc1cccc(Oc2cccc(C(C)C)c2)n1. The summed E-state index contributed by atoms with van der Waals surface area (Å²) >= 11 is 0. The fourth-order valence-corrected chi connectivity index (χ4v) is 1.85. The number of nitrogens with zero attached hydrogens (tertiary/aromatic N) is 1. The number of hydrogen-bond donors (Lipinski definition) is 1. The quantitative estimate of drug-likeness (QED) is 0.885. The van der Waals surface area contributed by atoms with Gasteiger partial charge in [0.2, 0.25) is 5.88 Å². The molecule has 0 atom stereocenters. The summed E-state index contributed by atoms with van der Waals surface area (Å²) in [6, 6.07) is 14.0. The second kappa shape index (κ2) is 6.34. The van der Waals surface area contributed by atoms with E-state index in [2.05, 4.69) is 36.3 Å². The molecular formula is C16H20N2O. The topological polar surface area (TPSA) is 34.1 Å². The number of benzene rings is 1. The van der Waals surface area contributed by atoms with Crippen LogP contribution in [0.5, 0.6) is 11.6 Å².